The van der Waals surface area contributed by atoms with Gasteiger partial charge in [0.2, 0.25) is 0 Å². The van der Waals surface area contributed by atoms with Crippen molar-refractivity contribution in [2.75, 3.05) is 7.11 Å². The van der Waals surface area contributed by atoms with E-state index in [0.29, 0.717) is 0 Å². The van der Waals surface area contributed by atoms with Crippen LogP contribution in [0.2, 0.25) is 0 Å². The highest BCUT2D eigenvalue weighted by molar-refractivity contribution is 5.85. The average molecular weight is 274 g/mol. The molecule has 0 saturated carbocycles. The van der Waals surface area contributed by atoms with Crippen LogP contribution in [0.3, 0.4) is 0 Å². The first kappa shape index (κ1) is 13.6. The first-order valence-corrected chi connectivity index (χ1v) is 6.15. The summed E-state index contributed by atoms with van der Waals surface area (Å²) in [5.41, 5.74) is 5.28. The Morgan fingerprint density at radius 3 is 2.84 bits per heavy atom. The van der Waals surface area contributed by atoms with Crippen molar-refractivity contribution in [1.29, 1.82) is 0 Å². The molecular formula is C16H16ClNO. The first-order chi connectivity index (χ1) is 8.86. The highest BCUT2D eigenvalue weighted by Gasteiger charge is 2.16. The fraction of sp³-hybridized carbons (Fsp3) is 0.188. The number of aryl methyl sites for hydroxylation is 1. The summed E-state index contributed by atoms with van der Waals surface area (Å²) in [6.45, 7) is 0. The third-order valence-corrected chi connectivity index (χ3v) is 3.35. The van der Waals surface area contributed by atoms with Gasteiger partial charge < -0.3 is 4.74 Å². The van der Waals surface area contributed by atoms with Crippen molar-refractivity contribution < 1.29 is 4.74 Å². The smallest absolute Gasteiger partial charge is 0.119 e. The molecule has 0 unspecified atom stereocenters. The van der Waals surface area contributed by atoms with E-state index in [9.17, 15) is 0 Å². The Morgan fingerprint density at radius 1 is 1.21 bits per heavy atom. The molecule has 0 N–H and O–H groups in total. The summed E-state index contributed by atoms with van der Waals surface area (Å²) in [5.74, 6) is 0.941. The normalized spacial score (nSPS) is 14.9. The minimum atomic E-state index is 0. The Morgan fingerprint density at radius 2 is 2.11 bits per heavy atom. The fourth-order valence-electron chi connectivity index (χ4n) is 2.43. The molecule has 0 fully saturated rings. The largest absolute Gasteiger partial charge is 0.497 e. The molecule has 2 nitrogen and oxygen atoms in total. The van der Waals surface area contributed by atoms with Crippen LogP contribution in [-0.2, 0) is 6.42 Å². The molecule has 3 heteroatoms. The number of allylic oxidation sites excluding steroid dienone is 1. The van der Waals surface area contributed by atoms with E-state index in [0.717, 1.165) is 24.2 Å². The van der Waals surface area contributed by atoms with E-state index >= 15 is 0 Å². The molecule has 0 spiro atoms. The van der Waals surface area contributed by atoms with E-state index in [-0.39, 0.29) is 12.4 Å². The number of methoxy groups -OCH3 is 1. The number of halogens is 1. The van der Waals surface area contributed by atoms with Gasteiger partial charge in [0, 0.05) is 12.4 Å². The second-order valence-electron chi connectivity index (χ2n) is 4.48. The van der Waals surface area contributed by atoms with Crippen LogP contribution in [0.5, 0.6) is 5.75 Å². The summed E-state index contributed by atoms with van der Waals surface area (Å²) >= 11 is 0. The maximum absolute atomic E-state index is 5.26. The van der Waals surface area contributed by atoms with Crippen LogP contribution in [0.1, 0.15) is 23.1 Å². The minimum absolute atomic E-state index is 0. The highest BCUT2D eigenvalue weighted by atomic mass is 35.5. The Labute approximate surface area is 119 Å². The number of nitrogens with zero attached hydrogens (tertiary/aromatic N) is 1. The lowest BCUT2D eigenvalue weighted by atomic mass is 10.1. The number of hydrogen-bond donors (Lipinski definition) is 0. The molecule has 0 saturated heterocycles. The number of ether oxygens (including phenoxy) is 1. The summed E-state index contributed by atoms with van der Waals surface area (Å²) in [7, 11) is 1.71. The molecule has 0 amide bonds. The second-order valence-corrected chi connectivity index (χ2v) is 4.48. The molecule has 0 atom stereocenters. The van der Waals surface area contributed by atoms with E-state index in [4.69, 9.17) is 4.74 Å². The first-order valence-electron chi connectivity index (χ1n) is 6.15. The molecule has 1 aromatic carbocycles. The van der Waals surface area contributed by atoms with Gasteiger partial charge in [-0.2, -0.15) is 0 Å². The predicted molar refractivity (Wildman–Crippen MR) is 80.7 cm³/mol. The molecule has 0 bridgehead atoms. The SMILES string of the molecule is COc1ccc2c(c1)CC/C2=C/c1cccnc1.Cl. The van der Waals surface area contributed by atoms with Gasteiger partial charge in [-0.1, -0.05) is 12.1 Å². The van der Waals surface area contributed by atoms with Crippen molar-refractivity contribution in [2.24, 2.45) is 0 Å². The van der Waals surface area contributed by atoms with Gasteiger partial charge in [-0.05, 0) is 59.4 Å². The van der Waals surface area contributed by atoms with Crippen LogP contribution in [0.4, 0.5) is 0 Å². The molecule has 98 valence electrons. The van der Waals surface area contributed by atoms with Crippen LogP contribution in [-0.4, -0.2) is 12.1 Å². The Kier molecular flexibility index (Phi) is 4.23. The van der Waals surface area contributed by atoms with Gasteiger partial charge in [-0.15, -0.1) is 12.4 Å². The average Bonchev–Trinajstić information content (AvgIpc) is 2.82. The summed E-state index contributed by atoms with van der Waals surface area (Å²) in [5, 5.41) is 0. The zero-order chi connectivity index (χ0) is 12.4. The highest BCUT2D eigenvalue weighted by Crippen LogP contribution is 2.35. The number of aromatic nitrogens is 1. The molecule has 0 aliphatic heterocycles. The van der Waals surface area contributed by atoms with Gasteiger partial charge in [0.25, 0.3) is 0 Å². The van der Waals surface area contributed by atoms with Crippen LogP contribution in [0.15, 0.2) is 42.7 Å². The molecule has 2 aromatic rings. The van der Waals surface area contributed by atoms with Crippen LogP contribution in [0.25, 0.3) is 11.6 Å². The monoisotopic (exact) mass is 273 g/mol. The lowest BCUT2D eigenvalue weighted by molar-refractivity contribution is 0.414. The van der Waals surface area contributed by atoms with Crippen molar-refractivity contribution in [3.63, 3.8) is 0 Å². The summed E-state index contributed by atoms with van der Waals surface area (Å²) < 4.78 is 5.26. The maximum Gasteiger partial charge on any atom is 0.119 e. The molecule has 3 rings (SSSR count). The summed E-state index contributed by atoms with van der Waals surface area (Å²) in [4.78, 5) is 4.15. The van der Waals surface area contributed by atoms with Gasteiger partial charge in [0.15, 0.2) is 0 Å². The van der Waals surface area contributed by atoms with Gasteiger partial charge in [0.05, 0.1) is 7.11 Å². The Balaban J connectivity index is 0.00000133. The lowest BCUT2D eigenvalue weighted by Gasteiger charge is -2.04. The van der Waals surface area contributed by atoms with E-state index in [1.165, 1.54) is 16.7 Å². The number of pyridine rings is 1. The molecule has 0 radical (unpaired) electrons. The maximum atomic E-state index is 5.26. The fourth-order valence-corrected chi connectivity index (χ4v) is 2.43. The lowest BCUT2D eigenvalue weighted by Crippen LogP contribution is -1.86. The van der Waals surface area contributed by atoms with E-state index in [1.54, 1.807) is 13.3 Å². The van der Waals surface area contributed by atoms with Gasteiger partial charge >= 0.3 is 0 Å². The van der Waals surface area contributed by atoms with Crippen LogP contribution in [0, 0.1) is 0 Å². The quantitative estimate of drug-likeness (QED) is 0.825. The topological polar surface area (TPSA) is 22.1 Å². The van der Waals surface area contributed by atoms with Gasteiger partial charge in [0.1, 0.15) is 5.75 Å². The van der Waals surface area contributed by atoms with Crippen LogP contribution < -0.4 is 4.74 Å². The summed E-state index contributed by atoms with van der Waals surface area (Å²) in [6, 6.07) is 10.4. The van der Waals surface area contributed by atoms with Crippen molar-refractivity contribution >= 4 is 24.1 Å². The number of hydrogen-bond acceptors (Lipinski definition) is 2. The van der Waals surface area contributed by atoms with Crippen molar-refractivity contribution in [1.82, 2.24) is 4.98 Å². The Hall–Kier alpha value is -1.80. The third-order valence-electron chi connectivity index (χ3n) is 3.35. The zero-order valence-corrected chi connectivity index (χ0v) is 11.6. The predicted octanol–water partition coefficient (Wildman–Crippen LogP) is 4.00. The molecule has 1 aromatic heterocycles. The standard InChI is InChI=1S/C16H15NO.ClH/c1-18-15-6-7-16-13(4-5-14(16)10-15)9-12-3-2-8-17-11-12;/h2-3,6-11H,4-5H2,1H3;1H/b13-9-;. The number of rotatable bonds is 2. The third kappa shape index (κ3) is 2.79. The Bertz CT molecular complexity index is 593. The minimum Gasteiger partial charge on any atom is -0.497 e. The molecular weight excluding hydrogens is 258 g/mol. The van der Waals surface area contributed by atoms with Gasteiger partial charge in [-0.25, -0.2) is 0 Å². The molecule has 19 heavy (non-hydrogen) atoms. The van der Waals surface area contributed by atoms with Gasteiger partial charge in [-0.3, -0.25) is 4.98 Å². The van der Waals surface area contributed by atoms with E-state index in [1.807, 2.05) is 18.3 Å². The van der Waals surface area contributed by atoms with Crippen LogP contribution >= 0.6 is 12.4 Å². The summed E-state index contributed by atoms with van der Waals surface area (Å²) in [6.07, 6.45) is 8.12. The van der Waals surface area contributed by atoms with Crippen molar-refractivity contribution in [3.05, 3.63) is 59.4 Å². The zero-order valence-electron chi connectivity index (χ0n) is 10.8. The molecule has 1 heterocycles. The second kappa shape index (κ2) is 5.89. The number of fused-ring (bicyclic) bond motifs is 1. The molecule has 1 aliphatic carbocycles. The van der Waals surface area contributed by atoms with Crippen molar-refractivity contribution in [2.45, 2.75) is 12.8 Å². The van der Waals surface area contributed by atoms with E-state index in [2.05, 4.69) is 29.3 Å². The molecule has 1 aliphatic rings. The van der Waals surface area contributed by atoms with E-state index < -0.39 is 0 Å². The number of benzene rings is 1. The van der Waals surface area contributed by atoms with Crippen molar-refractivity contribution in [3.8, 4) is 5.75 Å².